The largest absolute Gasteiger partial charge is 0.457 e. The number of nitrogens with zero attached hydrogens (tertiary/aromatic N) is 2. The van der Waals surface area contributed by atoms with Crippen molar-refractivity contribution in [2.75, 3.05) is 10.6 Å². The highest BCUT2D eigenvalue weighted by Gasteiger charge is 2.03. The van der Waals surface area contributed by atoms with Crippen LogP contribution in [0.3, 0.4) is 0 Å². The molecule has 0 aliphatic carbocycles. The Bertz CT molecular complexity index is 818. The Morgan fingerprint density at radius 1 is 0.880 bits per heavy atom. The van der Waals surface area contributed by atoms with E-state index in [2.05, 4.69) is 20.8 Å². The first kappa shape index (κ1) is 16.4. The van der Waals surface area contributed by atoms with E-state index >= 15 is 0 Å². The van der Waals surface area contributed by atoms with Crippen molar-refractivity contribution in [3.8, 4) is 11.5 Å². The van der Waals surface area contributed by atoms with E-state index in [0.29, 0.717) is 18.1 Å². The molecular weight excluding hydrogens is 316 g/mol. The summed E-state index contributed by atoms with van der Waals surface area (Å²) in [5.74, 6) is 2.47. The smallest absolute Gasteiger partial charge is 0.225 e. The van der Waals surface area contributed by atoms with Gasteiger partial charge in [0.15, 0.2) is 11.6 Å². The normalized spacial score (nSPS) is 10.1. The highest BCUT2D eigenvalue weighted by molar-refractivity contribution is 5.89. The van der Waals surface area contributed by atoms with Gasteiger partial charge in [-0.3, -0.25) is 4.79 Å². The first-order valence-corrected chi connectivity index (χ1v) is 7.96. The van der Waals surface area contributed by atoms with Crippen molar-refractivity contribution in [1.29, 1.82) is 0 Å². The number of carbonyl (C=O) groups excluding carboxylic acids is 1. The lowest BCUT2D eigenvalue weighted by Crippen LogP contribution is -2.11. The van der Waals surface area contributed by atoms with Crippen LogP contribution < -0.4 is 15.4 Å². The Balaban J connectivity index is 1.60. The summed E-state index contributed by atoms with van der Waals surface area (Å²) in [6, 6.07) is 20.6. The van der Waals surface area contributed by atoms with Crippen LogP contribution in [-0.2, 0) is 4.79 Å². The van der Waals surface area contributed by atoms with Crippen LogP contribution in [0.1, 0.15) is 13.3 Å². The molecule has 0 saturated carbocycles. The number of benzene rings is 2. The van der Waals surface area contributed by atoms with Gasteiger partial charge in [-0.05, 0) is 48.5 Å². The fraction of sp³-hybridized carbons (Fsp3) is 0.105. The Morgan fingerprint density at radius 3 is 2.16 bits per heavy atom. The van der Waals surface area contributed by atoms with Crippen LogP contribution in [0, 0.1) is 0 Å². The third kappa shape index (κ3) is 4.78. The van der Waals surface area contributed by atoms with Crippen molar-refractivity contribution in [2.45, 2.75) is 13.3 Å². The van der Waals surface area contributed by atoms with Gasteiger partial charge >= 0.3 is 0 Å². The molecule has 0 saturated heterocycles. The minimum absolute atomic E-state index is 0.0935. The van der Waals surface area contributed by atoms with E-state index in [0.717, 1.165) is 17.2 Å². The first-order chi connectivity index (χ1) is 12.2. The second kappa shape index (κ2) is 7.92. The summed E-state index contributed by atoms with van der Waals surface area (Å²) in [4.78, 5) is 11.3. The number of hydrogen-bond donors (Lipinski definition) is 2. The van der Waals surface area contributed by atoms with E-state index in [1.54, 1.807) is 19.1 Å². The number of nitrogens with one attached hydrogen (secondary N) is 2. The fourth-order valence-corrected chi connectivity index (χ4v) is 2.08. The van der Waals surface area contributed by atoms with Gasteiger partial charge in [-0.1, -0.05) is 25.1 Å². The predicted octanol–water partition coefficient (Wildman–Crippen LogP) is 4.36. The number of hydrogen-bond acceptors (Lipinski definition) is 5. The molecule has 0 aliphatic rings. The number of anilines is 3. The molecule has 3 rings (SSSR count). The molecule has 1 heterocycles. The van der Waals surface area contributed by atoms with Gasteiger partial charge in [0.05, 0.1) is 0 Å². The van der Waals surface area contributed by atoms with Crippen LogP contribution >= 0.6 is 0 Å². The van der Waals surface area contributed by atoms with E-state index in [1.807, 2.05) is 54.6 Å². The summed E-state index contributed by atoms with van der Waals surface area (Å²) >= 11 is 0. The third-order valence-corrected chi connectivity index (χ3v) is 3.36. The zero-order chi connectivity index (χ0) is 17.5. The Labute approximate surface area is 145 Å². The molecule has 1 aromatic heterocycles. The number of amides is 1. The van der Waals surface area contributed by atoms with Crippen LogP contribution in [0.2, 0.25) is 0 Å². The maximum atomic E-state index is 11.3. The van der Waals surface area contributed by atoms with E-state index in [4.69, 9.17) is 4.74 Å². The standard InChI is InChI=1S/C19H18N4O2/c1-2-19(24)21-18-13-12-17(22-23-18)20-14-8-10-16(11-9-14)25-15-6-4-3-5-7-15/h3-13H,2H2,1H3,(H,20,22)(H,21,23,24). The van der Waals surface area contributed by atoms with Gasteiger partial charge in [-0.2, -0.15) is 0 Å². The average molecular weight is 334 g/mol. The molecule has 0 atom stereocenters. The van der Waals surface area contributed by atoms with Gasteiger partial charge in [-0.25, -0.2) is 0 Å². The summed E-state index contributed by atoms with van der Waals surface area (Å²) in [7, 11) is 0. The molecule has 2 aromatic carbocycles. The summed E-state index contributed by atoms with van der Waals surface area (Å²) < 4.78 is 5.75. The van der Waals surface area contributed by atoms with Gasteiger partial charge in [0.2, 0.25) is 5.91 Å². The summed E-state index contributed by atoms with van der Waals surface area (Å²) in [6.07, 6.45) is 0.402. The molecule has 0 aliphatic heterocycles. The quantitative estimate of drug-likeness (QED) is 0.700. The molecule has 1 amide bonds. The molecule has 0 unspecified atom stereocenters. The number of ether oxygens (including phenoxy) is 1. The highest BCUT2D eigenvalue weighted by atomic mass is 16.5. The van der Waals surface area contributed by atoms with Crippen molar-refractivity contribution in [1.82, 2.24) is 10.2 Å². The molecule has 6 heteroatoms. The van der Waals surface area contributed by atoms with Gasteiger partial charge in [0.1, 0.15) is 11.5 Å². The van der Waals surface area contributed by atoms with Crippen LogP contribution in [0.15, 0.2) is 66.7 Å². The van der Waals surface area contributed by atoms with E-state index in [1.165, 1.54) is 0 Å². The summed E-state index contributed by atoms with van der Waals surface area (Å²) in [5, 5.41) is 13.8. The van der Waals surface area contributed by atoms with Crippen LogP contribution in [0.5, 0.6) is 11.5 Å². The molecule has 0 spiro atoms. The van der Waals surface area contributed by atoms with Crippen molar-refractivity contribution in [3.05, 3.63) is 66.7 Å². The highest BCUT2D eigenvalue weighted by Crippen LogP contribution is 2.23. The lowest BCUT2D eigenvalue weighted by Gasteiger charge is -2.08. The van der Waals surface area contributed by atoms with E-state index in [9.17, 15) is 4.79 Å². The minimum Gasteiger partial charge on any atom is -0.457 e. The van der Waals surface area contributed by atoms with Crippen LogP contribution in [0.25, 0.3) is 0 Å². The fourth-order valence-electron chi connectivity index (χ4n) is 2.08. The minimum atomic E-state index is -0.0935. The zero-order valence-corrected chi connectivity index (χ0v) is 13.8. The molecular formula is C19H18N4O2. The monoisotopic (exact) mass is 334 g/mol. The molecule has 2 N–H and O–H groups in total. The molecule has 0 bridgehead atoms. The summed E-state index contributed by atoms with van der Waals surface area (Å²) in [5.41, 5.74) is 0.861. The maximum absolute atomic E-state index is 11.3. The first-order valence-electron chi connectivity index (χ1n) is 7.96. The Kier molecular flexibility index (Phi) is 5.21. The van der Waals surface area contributed by atoms with Crippen molar-refractivity contribution < 1.29 is 9.53 Å². The third-order valence-electron chi connectivity index (χ3n) is 3.36. The average Bonchev–Trinajstić information content (AvgIpc) is 2.66. The predicted molar refractivity (Wildman–Crippen MR) is 97.2 cm³/mol. The van der Waals surface area contributed by atoms with Crippen molar-refractivity contribution >= 4 is 23.2 Å². The maximum Gasteiger partial charge on any atom is 0.225 e. The molecule has 25 heavy (non-hydrogen) atoms. The number of rotatable bonds is 6. The van der Waals surface area contributed by atoms with Gasteiger partial charge in [0, 0.05) is 12.1 Å². The lowest BCUT2D eigenvalue weighted by molar-refractivity contribution is -0.115. The lowest BCUT2D eigenvalue weighted by atomic mass is 10.3. The summed E-state index contributed by atoms with van der Waals surface area (Å²) in [6.45, 7) is 1.78. The topological polar surface area (TPSA) is 76.1 Å². The molecule has 0 fully saturated rings. The van der Waals surface area contributed by atoms with E-state index in [-0.39, 0.29) is 5.91 Å². The van der Waals surface area contributed by atoms with Crippen molar-refractivity contribution in [3.63, 3.8) is 0 Å². The molecule has 0 radical (unpaired) electrons. The van der Waals surface area contributed by atoms with E-state index < -0.39 is 0 Å². The second-order valence-corrected chi connectivity index (χ2v) is 5.27. The van der Waals surface area contributed by atoms with Gasteiger partial charge in [0.25, 0.3) is 0 Å². The molecule has 6 nitrogen and oxygen atoms in total. The van der Waals surface area contributed by atoms with Crippen LogP contribution in [-0.4, -0.2) is 16.1 Å². The number of carbonyl (C=O) groups is 1. The Hall–Kier alpha value is -3.41. The molecule has 3 aromatic rings. The number of aromatic nitrogens is 2. The number of para-hydroxylation sites is 1. The van der Waals surface area contributed by atoms with Crippen LogP contribution in [0.4, 0.5) is 17.3 Å². The SMILES string of the molecule is CCC(=O)Nc1ccc(Nc2ccc(Oc3ccccc3)cc2)nn1. The second-order valence-electron chi connectivity index (χ2n) is 5.27. The zero-order valence-electron chi connectivity index (χ0n) is 13.8. The molecule has 126 valence electrons. The van der Waals surface area contributed by atoms with Gasteiger partial charge < -0.3 is 15.4 Å². The van der Waals surface area contributed by atoms with Gasteiger partial charge in [-0.15, -0.1) is 10.2 Å². The van der Waals surface area contributed by atoms with Crippen molar-refractivity contribution in [2.24, 2.45) is 0 Å². The Morgan fingerprint density at radius 2 is 1.52 bits per heavy atom.